The molecule has 0 aromatic carbocycles. The van der Waals surface area contributed by atoms with Gasteiger partial charge in [0.1, 0.15) is 12.2 Å². The van der Waals surface area contributed by atoms with Crippen LogP contribution in [0.25, 0.3) is 0 Å². The van der Waals surface area contributed by atoms with Crippen LogP contribution in [-0.2, 0) is 16.1 Å². The smallest absolute Gasteiger partial charge is 0.325 e. The number of aryl methyl sites for hydroxylation is 1. The molecule has 0 atom stereocenters. The van der Waals surface area contributed by atoms with Crippen molar-refractivity contribution in [3.05, 3.63) is 28.2 Å². The molecule has 0 aliphatic heterocycles. The summed E-state index contributed by atoms with van der Waals surface area (Å²) in [6, 6.07) is 2.69. The molecular formula is C14H21N3O4. The van der Waals surface area contributed by atoms with Gasteiger partial charge in [0.25, 0.3) is 11.5 Å². The quantitative estimate of drug-likeness (QED) is 0.691. The van der Waals surface area contributed by atoms with E-state index in [-0.39, 0.29) is 24.4 Å². The van der Waals surface area contributed by atoms with Crippen LogP contribution in [0.3, 0.4) is 0 Å². The minimum atomic E-state index is -0.463. The van der Waals surface area contributed by atoms with E-state index in [0.717, 1.165) is 6.42 Å². The van der Waals surface area contributed by atoms with Gasteiger partial charge in [0.15, 0.2) is 0 Å². The number of carbonyl (C=O) groups excluding carboxylic acids is 2. The second kappa shape index (κ2) is 8.18. The summed E-state index contributed by atoms with van der Waals surface area (Å²) < 4.78 is 6.09. The van der Waals surface area contributed by atoms with Crippen molar-refractivity contribution in [3.63, 3.8) is 0 Å². The summed E-state index contributed by atoms with van der Waals surface area (Å²) in [6.07, 6.45) is 0.741. The van der Waals surface area contributed by atoms with E-state index < -0.39 is 11.9 Å². The molecule has 0 aliphatic carbocycles. The molecule has 0 spiro atoms. The van der Waals surface area contributed by atoms with Gasteiger partial charge in [-0.3, -0.25) is 14.4 Å². The number of likely N-dealkylation sites (N-methyl/N-ethyl adjacent to an activating group) is 1. The van der Waals surface area contributed by atoms with Gasteiger partial charge in [-0.15, -0.1) is 0 Å². The highest BCUT2D eigenvalue weighted by Gasteiger charge is 2.19. The molecule has 0 fully saturated rings. The predicted molar refractivity (Wildman–Crippen MR) is 77.0 cm³/mol. The number of amides is 1. The van der Waals surface area contributed by atoms with Crippen LogP contribution in [0.5, 0.6) is 0 Å². The van der Waals surface area contributed by atoms with Gasteiger partial charge in [0, 0.05) is 19.2 Å². The lowest BCUT2D eigenvalue weighted by Crippen LogP contribution is -2.38. The van der Waals surface area contributed by atoms with Crippen LogP contribution in [0.4, 0.5) is 0 Å². The second-order valence-corrected chi connectivity index (χ2v) is 4.40. The fraction of sp³-hybridized carbons (Fsp3) is 0.571. The van der Waals surface area contributed by atoms with Crippen molar-refractivity contribution in [2.75, 3.05) is 19.7 Å². The van der Waals surface area contributed by atoms with Gasteiger partial charge in [-0.1, -0.05) is 6.92 Å². The van der Waals surface area contributed by atoms with Crippen molar-refractivity contribution >= 4 is 11.9 Å². The largest absolute Gasteiger partial charge is 0.465 e. The van der Waals surface area contributed by atoms with Crippen LogP contribution in [0.1, 0.15) is 37.7 Å². The zero-order valence-corrected chi connectivity index (χ0v) is 12.7. The van der Waals surface area contributed by atoms with Crippen molar-refractivity contribution in [1.82, 2.24) is 14.7 Å². The Hall–Kier alpha value is -2.18. The van der Waals surface area contributed by atoms with Gasteiger partial charge >= 0.3 is 5.97 Å². The first-order chi connectivity index (χ1) is 10.0. The second-order valence-electron chi connectivity index (χ2n) is 4.40. The number of hydrogen-bond donors (Lipinski definition) is 0. The van der Waals surface area contributed by atoms with E-state index >= 15 is 0 Å². The molecule has 21 heavy (non-hydrogen) atoms. The van der Waals surface area contributed by atoms with Gasteiger partial charge in [0.05, 0.1) is 6.61 Å². The summed E-state index contributed by atoms with van der Waals surface area (Å²) in [7, 11) is 0. The predicted octanol–water partition coefficient (Wildman–Crippen LogP) is 0.678. The topological polar surface area (TPSA) is 81.5 Å². The summed E-state index contributed by atoms with van der Waals surface area (Å²) in [4.78, 5) is 36.7. The number of carbonyl (C=O) groups is 2. The molecule has 0 saturated carbocycles. The molecule has 1 amide bonds. The average molecular weight is 295 g/mol. The van der Waals surface area contributed by atoms with E-state index in [2.05, 4.69) is 5.10 Å². The summed E-state index contributed by atoms with van der Waals surface area (Å²) in [5.41, 5.74) is -0.101. The van der Waals surface area contributed by atoms with Crippen molar-refractivity contribution in [1.29, 1.82) is 0 Å². The number of nitrogens with zero attached hydrogens (tertiary/aromatic N) is 3. The zero-order chi connectivity index (χ0) is 15.8. The van der Waals surface area contributed by atoms with Gasteiger partial charge in [0.2, 0.25) is 0 Å². The summed E-state index contributed by atoms with van der Waals surface area (Å²) in [6.45, 7) is 6.33. The van der Waals surface area contributed by atoms with Crippen molar-refractivity contribution in [3.8, 4) is 0 Å². The van der Waals surface area contributed by atoms with E-state index in [1.807, 2.05) is 6.92 Å². The Morgan fingerprint density at radius 3 is 2.57 bits per heavy atom. The lowest BCUT2D eigenvalue weighted by molar-refractivity contribution is -0.143. The van der Waals surface area contributed by atoms with Crippen LogP contribution >= 0.6 is 0 Å². The fourth-order valence-electron chi connectivity index (χ4n) is 1.79. The average Bonchev–Trinajstić information content (AvgIpc) is 2.47. The minimum Gasteiger partial charge on any atom is -0.465 e. The normalized spacial score (nSPS) is 10.2. The Kier molecular flexibility index (Phi) is 6.58. The van der Waals surface area contributed by atoms with Gasteiger partial charge < -0.3 is 9.64 Å². The molecule has 1 heterocycles. The van der Waals surface area contributed by atoms with E-state index in [4.69, 9.17) is 4.74 Å². The first-order valence-electron chi connectivity index (χ1n) is 7.06. The summed E-state index contributed by atoms with van der Waals surface area (Å²) in [5, 5.41) is 4.04. The Bertz CT molecular complexity index is 553. The zero-order valence-electron chi connectivity index (χ0n) is 12.7. The van der Waals surface area contributed by atoms with Crippen LogP contribution in [0, 0.1) is 0 Å². The van der Waals surface area contributed by atoms with Crippen LogP contribution in [-0.4, -0.2) is 46.3 Å². The van der Waals surface area contributed by atoms with Crippen molar-refractivity contribution in [2.45, 2.75) is 33.7 Å². The summed E-state index contributed by atoms with van der Waals surface area (Å²) in [5.74, 6) is -0.856. The fourth-order valence-corrected chi connectivity index (χ4v) is 1.79. The van der Waals surface area contributed by atoms with Gasteiger partial charge in [-0.2, -0.15) is 5.10 Å². The Morgan fingerprint density at radius 2 is 2.00 bits per heavy atom. The highest BCUT2D eigenvalue weighted by molar-refractivity contribution is 5.94. The van der Waals surface area contributed by atoms with E-state index in [1.165, 1.54) is 21.7 Å². The monoisotopic (exact) mass is 295 g/mol. The molecular weight excluding hydrogens is 274 g/mol. The first kappa shape index (κ1) is 16.9. The molecule has 0 saturated heterocycles. The third-order valence-corrected chi connectivity index (χ3v) is 2.82. The molecule has 7 nitrogen and oxygen atoms in total. The molecule has 0 radical (unpaired) electrons. The van der Waals surface area contributed by atoms with Crippen molar-refractivity contribution in [2.24, 2.45) is 0 Å². The van der Waals surface area contributed by atoms with Crippen LogP contribution in [0.15, 0.2) is 16.9 Å². The van der Waals surface area contributed by atoms with E-state index in [9.17, 15) is 14.4 Å². The molecule has 116 valence electrons. The van der Waals surface area contributed by atoms with Gasteiger partial charge in [-0.25, -0.2) is 4.68 Å². The first-order valence-corrected chi connectivity index (χ1v) is 7.06. The maximum absolute atomic E-state index is 12.3. The molecule has 7 heteroatoms. The van der Waals surface area contributed by atoms with Crippen molar-refractivity contribution < 1.29 is 14.3 Å². The van der Waals surface area contributed by atoms with Crippen LogP contribution in [0.2, 0.25) is 0 Å². The summed E-state index contributed by atoms with van der Waals surface area (Å²) >= 11 is 0. The highest BCUT2D eigenvalue weighted by Crippen LogP contribution is 2.01. The molecule has 1 aromatic heterocycles. The van der Waals surface area contributed by atoms with Gasteiger partial charge in [-0.05, 0) is 26.3 Å². The minimum absolute atomic E-state index is 0.127. The van der Waals surface area contributed by atoms with Crippen LogP contribution < -0.4 is 5.56 Å². The molecule has 0 N–H and O–H groups in total. The maximum atomic E-state index is 12.3. The molecule has 1 aromatic rings. The standard InChI is InChI=1S/C14H21N3O4/c1-4-9-17-12(18)8-7-11(15-17)14(20)16(5-2)10-13(19)21-6-3/h7-8H,4-6,9-10H2,1-3H3. The Balaban J connectivity index is 2.92. The number of hydrogen-bond acceptors (Lipinski definition) is 5. The van der Waals surface area contributed by atoms with E-state index in [1.54, 1.807) is 13.8 Å². The molecule has 0 bridgehead atoms. The molecule has 0 aliphatic rings. The lowest BCUT2D eigenvalue weighted by atomic mass is 10.3. The number of aromatic nitrogens is 2. The molecule has 0 unspecified atom stereocenters. The number of esters is 1. The SMILES string of the molecule is CCCn1nc(C(=O)N(CC)CC(=O)OCC)ccc1=O. The third-order valence-electron chi connectivity index (χ3n) is 2.82. The molecule has 1 rings (SSSR count). The highest BCUT2D eigenvalue weighted by atomic mass is 16.5. The Labute approximate surface area is 123 Å². The Morgan fingerprint density at radius 1 is 1.29 bits per heavy atom. The number of rotatable bonds is 7. The number of ether oxygens (including phenoxy) is 1. The third kappa shape index (κ3) is 4.70. The lowest BCUT2D eigenvalue weighted by Gasteiger charge is -2.19. The van der Waals surface area contributed by atoms with E-state index in [0.29, 0.717) is 13.1 Å². The maximum Gasteiger partial charge on any atom is 0.325 e.